The normalized spacial score (nSPS) is 24.8. The highest BCUT2D eigenvalue weighted by atomic mass is 16.5. The standard InChI is InChI=1S/C12H26N2O/c1-12(2,3)9-14(4)11(7-13)10-5-6-15-8-10/h10-11H,5-9,13H2,1-4H3. The van der Waals surface area contributed by atoms with Gasteiger partial charge in [0.1, 0.15) is 0 Å². The van der Waals surface area contributed by atoms with E-state index < -0.39 is 0 Å². The Labute approximate surface area is 94.0 Å². The molecule has 3 heteroatoms. The summed E-state index contributed by atoms with van der Waals surface area (Å²) in [7, 11) is 2.18. The molecule has 0 saturated carbocycles. The first-order valence-corrected chi connectivity index (χ1v) is 5.92. The van der Waals surface area contributed by atoms with E-state index in [9.17, 15) is 0 Å². The minimum Gasteiger partial charge on any atom is -0.381 e. The van der Waals surface area contributed by atoms with E-state index in [-0.39, 0.29) is 0 Å². The van der Waals surface area contributed by atoms with Crippen LogP contribution in [0.4, 0.5) is 0 Å². The second-order valence-electron chi connectivity index (χ2n) is 5.90. The first kappa shape index (κ1) is 12.9. The van der Waals surface area contributed by atoms with Gasteiger partial charge in [0.25, 0.3) is 0 Å². The fraction of sp³-hybridized carbons (Fsp3) is 1.00. The molecule has 0 radical (unpaired) electrons. The molecule has 0 aliphatic carbocycles. The summed E-state index contributed by atoms with van der Waals surface area (Å²) >= 11 is 0. The predicted octanol–water partition coefficient (Wildman–Crippen LogP) is 1.33. The molecule has 2 unspecified atom stereocenters. The molecular formula is C12H26N2O. The minimum atomic E-state index is 0.335. The van der Waals surface area contributed by atoms with Gasteiger partial charge in [0.15, 0.2) is 0 Å². The summed E-state index contributed by atoms with van der Waals surface area (Å²) in [5.74, 6) is 0.627. The SMILES string of the molecule is CN(CC(C)(C)C)C(CN)C1CCOC1. The van der Waals surface area contributed by atoms with Crippen LogP contribution in [0.5, 0.6) is 0 Å². The second-order valence-corrected chi connectivity index (χ2v) is 5.90. The molecule has 3 nitrogen and oxygen atoms in total. The van der Waals surface area contributed by atoms with Crippen LogP contribution in [-0.4, -0.2) is 44.3 Å². The van der Waals surface area contributed by atoms with E-state index in [1.54, 1.807) is 0 Å². The quantitative estimate of drug-likeness (QED) is 0.767. The highest BCUT2D eigenvalue weighted by molar-refractivity contribution is 4.83. The highest BCUT2D eigenvalue weighted by Gasteiger charge is 2.29. The van der Waals surface area contributed by atoms with Crippen molar-refractivity contribution in [1.29, 1.82) is 0 Å². The molecule has 0 bridgehead atoms. The largest absolute Gasteiger partial charge is 0.381 e. The average Bonchev–Trinajstić information content (AvgIpc) is 2.54. The van der Waals surface area contributed by atoms with Gasteiger partial charge < -0.3 is 15.4 Å². The van der Waals surface area contributed by atoms with Gasteiger partial charge in [-0.05, 0) is 18.9 Å². The van der Waals surface area contributed by atoms with Crippen molar-refractivity contribution in [3.8, 4) is 0 Å². The van der Waals surface area contributed by atoms with Gasteiger partial charge in [-0.1, -0.05) is 20.8 Å². The Balaban J connectivity index is 2.49. The monoisotopic (exact) mass is 214 g/mol. The van der Waals surface area contributed by atoms with Crippen LogP contribution in [0, 0.1) is 11.3 Å². The van der Waals surface area contributed by atoms with Gasteiger partial charge >= 0.3 is 0 Å². The van der Waals surface area contributed by atoms with Crippen molar-refractivity contribution in [3.05, 3.63) is 0 Å². The molecule has 2 N–H and O–H groups in total. The molecule has 1 aliphatic heterocycles. The molecule has 15 heavy (non-hydrogen) atoms. The molecule has 0 amide bonds. The van der Waals surface area contributed by atoms with E-state index in [1.807, 2.05) is 0 Å². The van der Waals surface area contributed by atoms with Crippen LogP contribution in [0.2, 0.25) is 0 Å². The van der Waals surface area contributed by atoms with E-state index in [0.717, 1.165) is 32.7 Å². The van der Waals surface area contributed by atoms with Crippen LogP contribution >= 0.6 is 0 Å². The number of nitrogens with zero attached hydrogens (tertiary/aromatic N) is 1. The lowest BCUT2D eigenvalue weighted by Crippen LogP contribution is -2.46. The van der Waals surface area contributed by atoms with Crippen molar-refractivity contribution in [2.24, 2.45) is 17.1 Å². The molecule has 0 aromatic rings. The van der Waals surface area contributed by atoms with Crippen LogP contribution in [0.3, 0.4) is 0 Å². The lowest BCUT2D eigenvalue weighted by Gasteiger charge is -2.35. The maximum atomic E-state index is 5.88. The molecule has 1 saturated heterocycles. The number of hydrogen-bond acceptors (Lipinski definition) is 3. The molecule has 1 fully saturated rings. The van der Waals surface area contributed by atoms with Crippen molar-refractivity contribution in [3.63, 3.8) is 0 Å². The Hall–Kier alpha value is -0.120. The van der Waals surface area contributed by atoms with Crippen molar-refractivity contribution < 1.29 is 4.74 Å². The topological polar surface area (TPSA) is 38.5 Å². The number of nitrogens with two attached hydrogens (primary N) is 1. The van der Waals surface area contributed by atoms with Crippen molar-refractivity contribution in [1.82, 2.24) is 4.90 Å². The fourth-order valence-corrected chi connectivity index (χ4v) is 2.45. The summed E-state index contributed by atoms with van der Waals surface area (Å²) in [5, 5.41) is 0. The molecular weight excluding hydrogens is 188 g/mol. The Morgan fingerprint density at radius 2 is 2.13 bits per heavy atom. The number of rotatable bonds is 4. The van der Waals surface area contributed by atoms with Gasteiger partial charge in [-0.15, -0.1) is 0 Å². The molecule has 0 aromatic carbocycles. The Morgan fingerprint density at radius 1 is 1.47 bits per heavy atom. The predicted molar refractivity (Wildman–Crippen MR) is 63.9 cm³/mol. The molecule has 1 aliphatic rings. The number of likely N-dealkylation sites (N-methyl/N-ethyl adjacent to an activating group) is 1. The number of ether oxygens (including phenoxy) is 1. The third-order valence-corrected chi connectivity index (χ3v) is 3.04. The van der Waals surface area contributed by atoms with Crippen LogP contribution in [0.15, 0.2) is 0 Å². The highest BCUT2D eigenvalue weighted by Crippen LogP contribution is 2.23. The summed E-state index contributed by atoms with van der Waals surface area (Å²) in [6.45, 7) is 10.4. The Bertz CT molecular complexity index is 183. The molecule has 0 aromatic heterocycles. The third kappa shape index (κ3) is 4.09. The molecule has 1 heterocycles. The van der Waals surface area contributed by atoms with Gasteiger partial charge in [0, 0.05) is 31.7 Å². The Morgan fingerprint density at radius 3 is 2.53 bits per heavy atom. The zero-order valence-corrected chi connectivity index (χ0v) is 10.6. The lowest BCUT2D eigenvalue weighted by atomic mass is 9.92. The van der Waals surface area contributed by atoms with Gasteiger partial charge in [-0.3, -0.25) is 0 Å². The van der Waals surface area contributed by atoms with Gasteiger partial charge in [-0.25, -0.2) is 0 Å². The van der Waals surface area contributed by atoms with Gasteiger partial charge in [0.2, 0.25) is 0 Å². The smallest absolute Gasteiger partial charge is 0.0510 e. The van der Waals surface area contributed by atoms with Crippen molar-refractivity contribution in [2.45, 2.75) is 33.2 Å². The summed E-state index contributed by atoms with van der Waals surface area (Å²) in [5.41, 5.74) is 6.21. The minimum absolute atomic E-state index is 0.335. The zero-order valence-electron chi connectivity index (χ0n) is 10.6. The van der Waals surface area contributed by atoms with E-state index in [1.165, 1.54) is 0 Å². The Kier molecular flexibility index (Phi) is 4.56. The van der Waals surface area contributed by atoms with Crippen LogP contribution in [0.1, 0.15) is 27.2 Å². The van der Waals surface area contributed by atoms with E-state index in [2.05, 4.69) is 32.7 Å². The van der Waals surface area contributed by atoms with E-state index in [0.29, 0.717) is 17.4 Å². The van der Waals surface area contributed by atoms with E-state index in [4.69, 9.17) is 10.5 Å². The third-order valence-electron chi connectivity index (χ3n) is 3.04. The number of hydrogen-bond donors (Lipinski definition) is 1. The summed E-state index contributed by atoms with van der Waals surface area (Å²) < 4.78 is 5.44. The summed E-state index contributed by atoms with van der Waals surface area (Å²) in [6.07, 6.45) is 1.16. The van der Waals surface area contributed by atoms with Crippen molar-refractivity contribution in [2.75, 3.05) is 33.4 Å². The van der Waals surface area contributed by atoms with E-state index >= 15 is 0 Å². The first-order valence-electron chi connectivity index (χ1n) is 5.92. The summed E-state index contributed by atoms with van der Waals surface area (Å²) in [4.78, 5) is 2.40. The lowest BCUT2D eigenvalue weighted by molar-refractivity contribution is 0.114. The van der Waals surface area contributed by atoms with Crippen LogP contribution < -0.4 is 5.73 Å². The molecule has 0 spiro atoms. The second kappa shape index (κ2) is 5.28. The van der Waals surface area contributed by atoms with Gasteiger partial charge in [-0.2, -0.15) is 0 Å². The zero-order chi connectivity index (χ0) is 11.5. The molecule has 2 atom stereocenters. The van der Waals surface area contributed by atoms with Crippen LogP contribution in [-0.2, 0) is 4.74 Å². The first-order chi connectivity index (χ1) is 6.94. The van der Waals surface area contributed by atoms with Crippen LogP contribution in [0.25, 0.3) is 0 Å². The fourth-order valence-electron chi connectivity index (χ4n) is 2.45. The van der Waals surface area contributed by atoms with Gasteiger partial charge in [0.05, 0.1) is 6.61 Å². The maximum Gasteiger partial charge on any atom is 0.0510 e. The maximum absolute atomic E-state index is 5.88. The van der Waals surface area contributed by atoms with Crippen molar-refractivity contribution >= 4 is 0 Å². The molecule has 1 rings (SSSR count). The molecule has 90 valence electrons. The average molecular weight is 214 g/mol. The summed E-state index contributed by atoms with van der Waals surface area (Å²) in [6, 6.07) is 0.478.